The molecule has 0 saturated carbocycles. The molecule has 4 aromatic rings. The van der Waals surface area contributed by atoms with E-state index in [2.05, 4.69) is 41.8 Å². The molecule has 9 nitrogen and oxygen atoms in total. The number of hydrogen-bond acceptors (Lipinski definition) is 7. The summed E-state index contributed by atoms with van der Waals surface area (Å²) in [5.41, 5.74) is 15.2. The summed E-state index contributed by atoms with van der Waals surface area (Å²) in [4.78, 5) is 4.75. The van der Waals surface area contributed by atoms with E-state index in [1.165, 1.54) is 0 Å². The first kappa shape index (κ1) is 26.5. The standard InChI is InChI=1S/C30H36N6O3/c1-4-20-14-24(37)6-8-27(20)35-30(31)26-16-33-36-17-21(15-28(36)29(26)34-23-9-11-39-18-23)25-7-5-22(13-19(25)2)32-10-12-38-3/h5-8,13-17,23,32,34,37H,4,9-12,18H2,1-3H3,(H2,31,35). The number of fused-ring (bicyclic) bond motifs is 1. The molecule has 9 heteroatoms. The van der Waals surface area contributed by atoms with E-state index >= 15 is 0 Å². The molecule has 39 heavy (non-hydrogen) atoms. The molecule has 1 aliphatic heterocycles. The van der Waals surface area contributed by atoms with Gasteiger partial charge in [0.1, 0.15) is 11.6 Å². The normalized spacial score (nSPS) is 15.7. The van der Waals surface area contributed by atoms with Gasteiger partial charge < -0.3 is 30.9 Å². The third kappa shape index (κ3) is 5.84. The lowest BCUT2D eigenvalue weighted by Crippen LogP contribution is -2.24. The van der Waals surface area contributed by atoms with Crippen LogP contribution in [0.15, 0.2) is 59.9 Å². The minimum atomic E-state index is 0.167. The van der Waals surface area contributed by atoms with Gasteiger partial charge in [-0.25, -0.2) is 9.51 Å². The van der Waals surface area contributed by atoms with Gasteiger partial charge in [0.05, 0.1) is 47.9 Å². The Hall–Kier alpha value is -4.08. The second-order valence-corrected chi connectivity index (χ2v) is 9.81. The zero-order valence-corrected chi connectivity index (χ0v) is 22.7. The van der Waals surface area contributed by atoms with E-state index in [-0.39, 0.29) is 11.8 Å². The van der Waals surface area contributed by atoms with Crippen molar-refractivity contribution in [1.82, 2.24) is 9.61 Å². The Kier molecular flexibility index (Phi) is 7.99. The summed E-state index contributed by atoms with van der Waals surface area (Å²) in [6.45, 7) is 6.90. The molecule has 2 aromatic carbocycles. The van der Waals surface area contributed by atoms with Crippen LogP contribution in [0.2, 0.25) is 0 Å². The smallest absolute Gasteiger partial charge is 0.135 e. The van der Waals surface area contributed by atoms with E-state index in [1.54, 1.807) is 31.5 Å². The number of anilines is 2. The summed E-state index contributed by atoms with van der Waals surface area (Å²) in [5, 5.41) is 21.6. The van der Waals surface area contributed by atoms with Gasteiger partial charge in [-0.15, -0.1) is 0 Å². The van der Waals surface area contributed by atoms with Crippen LogP contribution < -0.4 is 16.4 Å². The van der Waals surface area contributed by atoms with E-state index in [4.69, 9.17) is 25.3 Å². The Morgan fingerprint density at radius 2 is 2.13 bits per heavy atom. The van der Waals surface area contributed by atoms with Crippen molar-refractivity contribution in [3.63, 3.8) is 0 Å². The molecule has 0 amide bonds. The summed E-state index contributed by atoms with van der Waals surface area (Å²) >= 11 is 0. The lowest BCUT2D eigenvalue weighted by molar-refractivity contribution is 0.195. The molecule has 1 atom stereocenters. The van der Waals surface area contributed by atoms with Crippen LogP contribution in [0.1, 0.15) is 30.0 Å². The van der Waals surface area contributed by atoms with Gasteiger partial charge in [0.15, 0.2) is 0 Å². The van der Waals surface area contributed by atoms with E-state index in [9.17, 15) is 5.11 Å². The largest absolute Gasteiger partial charge is 0.508 e. The molecule has 204 valence electrons. The Morgan fingerprint density at radius 1 is 1.26 bits per heavy atom. The molecule has 0 spiro atoms. The van der Waals surface area contributed by atoms with Crippen LogP contribution in [0.5, 0.6) is 5.75 Å². The predicted octanol–water partition coefficient (Wildman–Crippen LogP) is 4.87. The van der Waals surface area contributed by atoms with Crippen LogP contribution in [0.4, 0.5) is 17.1 Å². The highest BCUT2D eigenvalue weighted by molar-refractivity contribution is 6.06. The minimum Gasteiger partial charge on any atom is -0.508 e. The van der Waals surface area contributed by atoms with Crippen molar-refractivity contribution in [3.8, 4) is 16.9 Å². The first-order valence-electron chi connectivity index (χ1n) is 13.3. The Morgan fingerprint density at radius 3 is 2.87 bits per heavy atom. The number of hydrogen-bond donors (Lipinski definition) is 4. The average Bonchev–Trinajstić information content (AvgIpc) is 3.60. The van der Waals surface area contributed by atoms with Gasteiger partial charge in [-0.2, -0.15) is 5.10 Å². The van der Waals surface area contributed by atoms with Crippen molar-refractivity contribution < 1.29 is 14.6 Å². The SMILES string of the molecule is CCc1cc(O)ccc1N=C(N)c1cnn2cc(-c3ccc(NCCOC)cc3C)cc2c1NC1CCOC1. The topological polar surface area (TPSA) is 118 Å². The zero-order chi connectivity index (χ0) is 27.4. The lowest BCUT2D eigenvalue weighted by atomic mass is 10.0. The van der Waals surface area contributed by atoms with Gasteiger partial charge >= 0.3 is 0 Å². The second kappa shape index (κ2) is 11.8. The van der Waals surface area contributed by atoms with Gasteiger partial charge in [0, 0.05) is 37.7 Å². The van der Waals surface area contributed by atoms with E-state index in [0.29, 0.717) is 19.0 Å². The van der Waals surface area contributed by atoms with E-state index in [1.807, 2.05) is 17.6 Å². The van der Waals surface area contributed by atoms with Gasteiger partial charge in [-0.3, -0.25) is 0 Å². The maximum atomic E-state index is 9.90. The zero-order valence-electron chi connectivity index (χ0n) is 22.7. The number of phenolic OH excluding ortho intramolecular Hbond substituents is 1. The molecule has 0 radical (unpaired) electrons. The summed E-state index contributed by atoms with van der Waals surface area (Å²) in [6, 6.07) is 13.8. The van der Waals surface area contributed by atoms with Crippen LogP contribution in [-0.4, -0.2) is 60.1 Å². The number of ether oxygens (including phenoxy) is 2. The average molecular weight is 529 g/mol. The summed E-state index contributed by atoms with van der Waals surface area (Å²) in [6.07, 6.45) is 5.44. The molecular formula is C30H36N6O3. The first-order chi connectivity index (χ1) is 19.0. The molecule has 2 aromatic heterocycles. The number of aromatic hydroxyl groups is 1. The minimum absolute atomic E-state index is 0.167. The highest BCUT2D eigenvalue weighted by atomic mass is 16.5. The first-order valence-corrected chi connectivity index (χ1v) is 13.3. The fraction of sp³-hybridized carbons (Fsp3) is 0.333. The van der Waals surface area contributed by atoms with Crippen molar-refractivity contribution in [2.45, 2.75) is 32.7 Å². The monoisotopic (exact) mass is 528 g/mol. The summed E-state index contributed by atoms with van der Waals surface area (Å²) < 4.78 is 12.7. The van der Waals surface area contributed by atoms with Crippen molar-refractivity contribution in [3.05, 3.63) is 71.5 Å². The van der Waals surface area contributed by atoms with Crippen LogP contribution in [0, 0.1) is 6.92 Å². The maximum absolute atomic E-state index is 9.90. The third-order valence-electron chi connectivity index (χ3n) is 7.05. The number of rotatable bonds is 10. The molecular weight excluding hydrogens is 492 g/mol. The van der Waals surface area contributed by atoms with Gasteiger partial charge in [-0.05, 0) is 72.9 Å². The number of amidine groups is 1. The van der Waals surface area contributed by atoms with Crippen molar-refractivity contribution in [1.29, 1.82) is 0 Å². The van der Waals surface area contributed by atoms with Crippen molar-refractivity contribution in [2.75, 3.05) is 44.1 Å². The molecule has 1 saturated heterocycles. The van der Waals surface area contributed by atoms with Crippen LogP contribution in [0.25, 0.3) is 16.6 Å². The number of aliphatic imine (C=N–C) groups is 1. The number of nitrogens with one attached hydrogen (secondary N) is 2. The third-order valence-corrected chi connectivity index (χ3v) is 7.05. The molecule has 5 N–H and O–H groups in total. The molecule has 0 bridgehead atoms. The number of phenols is 1. The fourth-order valence-electron chi connectivity index (χ4n) is 4.95. The fourth-order valence-corrected chi connectivity index (χ4v) is 4.95. The van der Waals surface area contributed by atoms with Crippen LogP contribution in [-0.2, 0) is 15.9 Å². The van der Waals surface area contributed by atoms with Crippen LogP contribution >= 0.6 is 0 Å². The van der Waals surface area contributed by atoms with E-state index in [0.717, 1.165) is 76.4 Å². The number of methoxy groups -OCH3 is 1. The Bertz CT molecular complexity index is 1490. The second-order valence-electron chi connectivity index (χ2n) is 9.81. The Labute approximate surface area is 228 Å². The lowest BCUT2D eigenvalue weighted by Gasteiger charge is -2.17. The van der Waals surface area contributed by atoms with Gasteiger partial charge in [-0.1, -0.05) is 13.0 Å². The number of benzene rings is 2. The van der Waals surface area contributed by atoms with Crippen LogP contribution in [0.3, 0.4) is 0 Å². The summed E-state index contributed by atoms with van der Waals surface area (Å²) in [7, 11) is 1.70. The number of nitrogens with zero attached hydrogens (tertiary/aromatic N) is 3. The summed E-state index contributed by atoms with van der Waals surface area (Å²) in [5.74, 6) is 0.572. The molecule has 3 heterocycles. The van der Waals surface area contributed by atoms with Crippen molar-refractivity contribution in [2.24, 2.45) is 10.7 Å². The molecule has 1 fully saturated rings. The molecule has 1 unspecified atom stereocenters. The molecule has 0 aliphatic carbocycles. The quantitative estimate of drug-likeness (QED) is 0.132. The highest BCUT2D eigenvalue weighted by Gasteiger charge is 2.21. The van der Waals surface area contributed by atoms with Crippen molar-refractivity contribution >= 4 is 28.4 Å². The van der Waals surface area contributed by atoms with Gasteiger partial charge in [0.25, 0.3) is 0 Å². The van der Waals surface area contributed by atoms with E-state index < -0.39 is 0 Å². The molecule has 1 aliphatic rings. The highest BCUT2D eigenvalue weighted by Crippen LogP contribution is 2.33. The van der Waals surface area contributed by atoms with Gasteiger partial charge in [0.2, 0.25) is 0 Å². The number of aromatic nitrogens is 2. The number of aryl methyl sites for hydroxylation is 2. The number of nitrogens with two attached hydrogens (primary N) is 1. The molecule has 5 rings (SSSR count). The predicted molar refractivity (Wildman–Crippen MR) is 156 cm³/mol. The maximum Gasteiger partial charge on any atom is 0.135 e. The Balaban J connectivity index is 1.55.